The van der Waals surface area contributed by atoms with Gasteiger partial charge in [-0.05, 0) is 38.8 Å². The average Bonchev–Trinajstić information content (AvgIpc) is 2.80. The van der Waals surface area contributed by atoms with E-state index in [0.717, 1.165) is 17.0 Å². The third-order valence-corrected chi connectivity index (χ3v) is 3.89. The van der Waals surface area contributed by atoms with E-state index in [4.69, 9.17) is 4.52 Å². The van der Waals surface area contributed by atoms with E-state index in [2.05, 4.69) is 10.1 Å². The first-order valence-corrected chi connectivity index (χ1v) is 7.04. The van der Waals surface area contributed by atoms with Crippen molar-refractivity contribution in [3.05, 3.63) is 57.2 Å². The fraction of sp³-hybridized carbons (Fsp3) is 0.312. The summed E-state index contributed by atoms with van der Waals surface area (Å²) in [5, 5.41) is 4.33. The maximum atomic E-state index is 13.5. The van der Waals surface area contributed by atoms with Gasteiger partial charge in [0.2, 0.25) is 0 Å². The van der Waals surface area contributed by atoms with Crippen LogP contribution in [0.3, 0.4) is 0 Å². The molecule has 0 aliphatic heterocycles. The molecule has 3 rings (SSSR count). The van der Waals surface area contributed by atoms with Gasteiger partial charge in [-0.3, -0.25) is 9.36 Å². The summed E-state index contributed by atoms with van der Waals surface area (Å²) in [5.74, 6) is 0.407. The normalized spacial score (nSPS) is 11.3. The molecule has 1 aromatic carbocycles. The van der Waals surface area contributed by atoms with Crippen LogP contribution in [-0.2, 0) is 13.0 Å². The monoisotopic (exact) mass is 301 g/mol. The molecule has 0 aliphatic carbocycles. The van der Waals surface area contributed by atoms with Crippen LogP contribution >= 0.6 is 0 Å². The lowest BCUT2D eigenvalue weighted by atomic mass is 10.1. The standard InChI is InChI=1S/C16H16FN3O2/c1-9-6-13-15(7-14(9)17)18-8-20(16(13)21)5-4-12-10(2)19-22-11(12)3/h6-8H,4-5H2,1-3H3. The molecule has 0 aliphatic rings. The molecule has 5 nitrogen and oxygen atoms in total. The van der Waals surface area contributed by atoms with Gasteiger partial charge in [0.25, 0.3) is 5.56 Å². The Balaban J connectivity index is 1.97. The van der Waals surface area contributed by atoms with Gasteiger partial charge in [-0.15, -0.1) is 0 Å². The highest BCUT2D eigenvalue weighted by Gasteiger charge is 2.11. The molecule has 6 heteroatoms. The molecule has 114 valence electrons. The fourth-order valence-electron chi connectivity index (χ4n) is 2.54. The van der Waals surface area contributed by atoms with Crippen molar-refractivity contribution < 1.29 is 8.91 Å². The first-order valence-electron chi connectivity index (χ1n) is 7.04. The molecule has 2 aromatic heterocycles. The Kier molecular flexibility index (Phi) is 3.52. The minimum absolute atomic E-state index is 0.167. The second-order valence-electron chi connectivity index (χ2n) is 5.41. The molecule has 0 atom stereocenters. The smallest absolute Gasteiger partial charge is 0.261 e. The lowest BCUT2D eigenvalue weighted by Gasteiger charge is -2.07. The van der Waals surface area contributed by atoms with E-state index in [-0.39, 0.29) is 11.4 Å². The SMILES string of the molecule is Cc1cc2c(=O)n(CCc3c(C)noc3C)cnc2cc1F. The zero-order valence-corrected chi connectivity index (χ0v) is 12.7. The summed E-state index contributed by atoms with van der Waals surface area (Å²) in [4.78, 5) is 16.7. The number of hydrogen-bond acceptors (Lipinski definition) is 4. The van der Waals surface area contributed by atoms with Crippen molar-refractivity contribution in [2.45, 2.75) is 33.7 Å². The van der Waals surface area contributed by atoms with Gasteiger partial charge in [0.05, 0.1) is 22.9 Å². The first-order chi connectivity index (χ1) is 10.5. The van der Waals surface area contributed by atoms with Gasteiger partial charge in [-0.1, -0.05) is 5.16 Å². The van der Waals surface area contributed by atoms with Gasteiger partial charge in [-0.25, -0.2) is 9.37 Å². The van der Waals surface area contributed by atoms with Crippen molar-refractivity contribution in [1.82, 2.24) is 14.7 Å². The van der Waals surface area contributed by atoms with Crippen LogP contribution in [0.25, 0.3) is 10.9 Å². The zero-order chi connectivity index (χ0) is 15.9. The first kappa shape index (κ1) is 14.4. The van der Waals surface area contributed by atoms with Crippen LogP contribution < -0.4 is 5.56 Å². The average molecular weight is 301 g/mol. The topological polar surface area (TPSA) is 60.9 Å². The quantitative estimate of drug-likeness (QED) is 0.746. The van der Waals surface area contributed by atoms with Gasteiger partial charge < -0.3 is 4.52 Å². The molecule has 0 spiro atoms. The minimum Gasteiger partial charge on any atom is -0.361 e. The van der Waals surface area contributed by atoms with Crippen LogP contribution in [0, 0.1) is 26.6 Å². The number of aromatic nitrogens is 3. The Morgan fingerprint density at radius 1 is 1.27 bits per heavy atom. The lowest BCUT2D eigenvalue weighted by molar-refractivity contribution is 0.392. The number of benzene rings is 1. The summed E-state index contributed by atoms with van der Waals surface area (Å²) in [6.07, 6.45) is 2.09. The second-order valence-corrected chi connectivity index (χ2v) is 5.41. The summed E-state index contributed by atoms with van der Waals surface area (Å²) >= 11 is 0. The Bertz CT molecular complexity index is 892. The Morgan fingerprint density at radius 3 is 2.73 bits per heavy atom. The molecular weight excluding hydrogens is 285 g/mol. The number of hydrogen-bond donors (Lipinski definition) is 0. The molecule has 3 aromatic rings. The van der Waals surface area contributed by atoms with Gasteiger partial charge in [0, 0.05) is 18.2 Å². The van der Waals surface area contributed by atoms with Crippen molar-refractivity contribution >= 4 is 10.9 Å². The highest BCUT2D eigenvalue weighted by atomic mass is 19.1. The maximum absolute atomic E-state index is 13.5. The van der Waals surface area contributed by atoms with Crippen molar-refractivity contribution in [2.75, 3.05) is 0 Å². The van der Waals surface area contributed by atoms with Crippen molar-refractivity contribution in [2.24, 2.45) is 0 Å². The minimum atomic E-state index is -0.354. The van der Waals surface area contributed by atoms with E-state index < -0.39 is 0 Å². The predicted octanol–water partition coefficient (Wildman–Crippen LogP) is 2.69. The third kappa shape index (κ3) is 2.41. The number of rotatable bonds is 3. The Hall–Kier alpha value is -2.50. The predicted molar refractivity (Wildman–Crippen MR) is 80.4 cm³/mol. The van der Waals surface area contributed by atoms with Crippen LogP contribution in [0.5, 0.6) is 0 Å². The summed E-state index contributed by atoms with van der Waals surface area (Å²) < 4.78 is 20.2. The zero-order valence-electron chi connectivity index (χ0n) is 12.7. The molecular formula is C16H16FN3O2. The van der Waals surface area contributed by atoms with Crippen molar-refractivity contribution in [3.63, 3.8) is 0 Å². The molecule has 0 bridgehead atoms. The summed E-state index contributed by atoms with van der Waals surface area (Å²) in [5.41, 5.74) is 2.48. The molecule has 0 unspecified atom stereocenters. The van der Waals surface area contributed by atoms with Crippen LogP contribution in [0.15, 0.2) is 27.8 Å². The van der Waals surface area contributed by atoms with Crippen LogP contribution in [-0.4, -0.2) is 14.7 Å². The highest BCUT2D eigenvalue weighted by molar-refractivity contribution is 5.78. The Morgan fingerprint density at radius 2 is 2.05 bits per heavy atom. The van der Waals surface area contributed by atoms with Gasteiger partial charge in [-0.2, -0.15) is 0 Å². The number of fused-ring (bicyclic) bond motifs is 1. The molecule has 0 N–H and O–H groups in total. The molecule has 0 saturated carbocycles. The van der Waals surface area contributed by atoms with E-state index in [1.807, 2.05) is 13.8 Å². The Labute approximate surface area is 126 Å². The van der Waals surface area contributed by atoms with Crippen LogP contribution in [0.1, 0.15) is 22.6 Å². The van der Waals surface area contributed by atoms with Crippen molar-refractivity contribution in [1.29, 1.82) is 0 Å². The molecule has 0 fully saturated rings. The third-order valence-electron chi connectivity index (χ3n) is 3.89. The number of halogens is 1. The molecule has 0 amide bonds. The van der Waals surface area contributed by atoms with Gasteiger partial charge in [0.1, 0.15) is 11.6 Å². The highest BCUT2D eigenvalue weighted by Crippen LogP contribution is 2.15. The second kappa shape index (κ2) is 5.36. The maximum Gasteiger partial charge on any atom is 0.261 e. The summed E-state index contributed by atoms with van der Waals surface area (Å²) in [7, 11) is 0. The van der Waals surface area contributed by atoms with Gasteiger partial charge in [0.15, 0.2) is 0 Å². The fourth-order valence-corrected chi connectivity index (χ4v) is 2.54. The number of nitrogens with zero attached hydrogens (tertiary/aromatic N) is 3. The van der Waals surface area contributed by atoms with E-state index in [1.54, 1.807) is 13.0 Å². The van der Waals surface area contributed by atoms with E-state index in [9.17, 15) is 9.18 Å². The van der Waals surface area contributed by atoms with Gasteiger partial charge >= 0.3 is 0 Å². The van der Waals surface area contributed by atoms with Crippen LogP contribution in [0.2, 0.25) is 0 Å². The molecule has 0 radical (unpaired) electrons. The molecule has 2 heterocycles. The van der Waals surface area contributed by atoms with E-state index in [1.165, 1.54) is 17.0 Å². The lowest BCUT2D eigenvalue weighted by Crippen LogP contribution is -2.22. The summed E-state index contributed by atoms with van der Waals surface area (Å²) in [6, 6.07) is 2.84. The largest absolute Gasteiger partial charge is 0.361 e. The number of aryl methyl sites for hydroxylation is 4. The summed E-state index contributed by atoms with van der Waals surface area (Å²) in [6.45, 7) is 5.83. The van der Waals surface area contributed by atoms with Crippen LogP contribution in [0.4, 0.5) is 4.39 Å². The van der Waals surface area contributed by atoms with E-state index >= 15 is 0 Å². The van der Waals surface area contributed by atoms with Crippen molar-refractivity contribution in [3.8, 4) is 0 Å². The molecule has 22 heavy (non-hydrogen) atoms. The van der Waals surface area contributed by atoms with E-state index in [0.29, 0.717) is 29.4 Å². The molecule has 0 saturated heterocycles.